The van der Waals surface area contributed by atoms with Crippen LogP contribution in [-0.2, 0) is 11.8 Å². The lowest BCUT2D eigenvalue weighted by Crippen LogP contribution is -2.43. The summed E-state index contributed by atoms with van der Waals surface area (Å²) in [6, 6.07) is 6.49. The number of nitrogen functional groups attached to an aromatic ring is 1. The fraction of sp³-hybridized carbons (Fsp3) is 0.412. The third-order valence-corrected chi connectivity index (χ3v) is 4.56. The molecule has 9 heteroatoms. The lowest BCUT2D eigenvalue weighted by Gasteiger charge is -2.39. The van der Waals surface area contributed by atoms with Gasteiger partial charge < -0.3 is 20.5 Å². The molecule has 0 bridgehead atoms. The van der Waals surface area contributed by atoms with E-state index in [2.05, 4.69) is 9.97 Å². The van der Waals surface area contributed by atoms with Crippen molar-refractivity contribution in [2.45, 2.75) is 24.6 Å². The maximum absolute atomic E-state index is 12.9. The van der Waals surface area contributed by atoms with Crippen molar-refractivity contribution in [3.05, 3.63) is 41.5 Å². The van der Waals surface area contributed by atoms with Crippen molar-refractivity contribution >= 4 is 11.8 Å². The number of nitrogens with two attached hydrogens (primary N) is 1. The second-order valence-corrected chi connectivity index (χ2v) is 6.22. The summed E-state index contributed by atoms with van der Waals surface area (Å²) in [6.45, 7) is 0.818. The SMILES string of the molecule is COc1cc(N2CCC(O)(c3cccc(C(F)(F)F)c3)CC2)nc(N)n1. The topological polar surface area (TPSA) is 84.5 Å². The molecule has 1 fully saturated rings. The summed E-state index contributed by atoms with van der Waals surface area (Å²) in [6.07, 6.45) is -3.91. The lowest BCUT2D eigenvalue weighted by molar-refractivity contribution is -0.137. The van der Waals surface area contributed by atoms with E-state index >= 15 is 0 Å². The van der Waals surface area contributed by atoms with Crippen LogP contribution >= 0.6 is 0 Å². The zero-order valence-corrected chi connectivity index (χ0v) is 14.1. The van der Waals surface area contributed by atoms with E-state index in [1.165, 1.54) is 19.2 Å². The van der Waals surface area contributed by atoms with Gasteiger partial charge in [-0.2, -0.15) is 23.1 Å². The van der Waals surface area contributed by atoms with E-state index in [9.17, 15) is 18.3 Å². The zero-order valence-electron chi connectivity index (χ0n) is 14.1. The molecule has 140 valence electrons. The molecular weight excluding hydrogens is 349 g/mol. The van der Waals surface area contributed by atoms with E-state index in [1.54, 1.807) is 6.07 Å². The van der Waals surface area contributed by atoms with Crippen LogP contribution in [0.2, 0.25) is 0 Å². The van der Waals surface area contributed by atoms with Crippen LogP contribution in [0.15, 0.2) is 30.3 Å². The highest BCUT2D eigenvalue weighted by molar-refractivity contribution is 5.46. The van der Waals surface area contributed by atoms with Crippen LogP contribution in [0, 0.1) is 0 Å². The van der Waals surface area contributed by atoms with Crippen molar-refractivity contribution < 1.29 is 23.0 Å². The highest BCUT2D eigenvalue weighted by atomic mass is 19.4. The van der Waals surface area contributed by atoms with Crippen molar-refractivity contribution in [1.82, 2.24) is 9.97 Å². The molecule has 1 aliphatic heterocycles. The maximum Gasteiger partial charge on any atom is 0.416 e. The van der Waals surface area contributed by atoms with Gasteiger partial charge in [0.2, 0.25) is 11.8 Å². The highest BCUT2D eigenvalue weighted by Gasteiger charge is 2.37. The minimum Gasteiger partial charge on any atom is -0.481 e. The summed E-state index contributed by atoms with van der Waals surface area (Å²) in [7, 11) is 1.47. The number of ether oxygens (including phenoxy) is 1. The molecule has 0 unspecified atom stereocenters. The number of piperidine rings is 1. The van der Waals surface area contributed by atoms with Crippen LogP contribution < -0.4 is 15.4 Å². The highest BCUT2D eigenvalue weighted by Crippen LogP contribution is 2.37. The predicted octanol–water partition coefficient (Wildman–Crippen LogP) is 2.57. The molecule has 3 N–H and O–H groups in total. The average Bonchev–Trinajstić information content (AvgIpc) is 2.61. The van der Waals surface area contributed by atoms with Crippen molar-refractivity contribution in [2.24, 2.45) is 0 Å². The van der Waals surface area contributed by atoms with Crippen LogP contribution in [-0.4, -0.2) is 35.3 Å². The summed E-state index contributed by atoms with van der Waals surface area (Å²) in [4.78, 5) is 9.96. The van der Waals surface area contributed by atoms with E-state index < -0.39 is 17.3 Å². The number of hydrogen-bond donors (Lipinski definition) is 2. The van der Waals surface area contributed by atoms with Crippen LogP contribution in [0.4, 0.5) is 24.9 Å². The fourth-order valence-corrected chi connectivity index (χ4v) is 3.08. The van der Waals surface area contributed by atoms with E-state index in [0.29, 0.717) is 24.8 Å². The van der Waals surface area contributed by atoms with Crippen LogP contribution in [0.3, 0.4) is 0 Å². The van der Waals surface area contributed by atoms with Crippen molar-refractivity contribution in [1.29, 1.82) is 0 Å². The zero-order chi connectivity index (χ0) is 18.9. The Bertz CT molecular complexity index is 790. The molecule has 0 aliphatic carbocycles. The first-order chi connectivity index (χ1) is 12.2. The normalized spacial score (nSPS) is 17.2. The number of methoxy groups -OCH3 is 1. The van der Waals surface area contributed by atoms with E-state index in [4.69, 9.17) is 10.5 Å². The average molecular weight is 368 g/mol. The first-order valence-corrected chi connectivity index (χ1v) is 8.05. The van der Waals surface area contributed by atoms with Gasteiger partial charge in [-0.1, -0.05) is 12.1 Å². The van der Waals surface area contributed by atoms with Crippen LogP contribution in [0.25, 0.3) is 0 Å². The molecular formula is C17H19F3N4O2. The predicted molar refractivity (Wildman–Crippen MR) is 89.8 cm³/mol. The largest absolute Gasteiger partial charge is 0.481 e. The van der Waals surface area contributed by atoms with E-state index in [0.717, 1.165) is 12.1 Å². The number of rotatable bonds is 3. The molecule has 0 radical (unpaired) electrons. The first-order valence-electron chi connectivity index (χ1n) is 8.05. The third kappa shape index (κ3) is 3.67. The van der Waals surface area contributed by atoms with E-state index in [-0.39, 0.29) is 24.4 Å². The summed E-state index contributed by atoms with van der Waals surface area (Å²) in [5.41, 5.74) is 3.85. The standard InChI is InChI=1S/C17H19F3N4O2/c1-26-14-10-13(22-15(21)23-14)24-7-5-16(25,6-8-24)11-3-2-4-12(9-11)17(18,19)20/h2-4,9-10,25H,5-8H2,1H3,(H2,21,22,23). The van der Waals surface area contributed by atoms with Gasteiger partial charge in [-0.15, -0.1) is 0 Å². The maximum atomic E-state index is 12.9. The summed E-state index contributed by atoms with van der Waals surface area (Å²) >= 11 is 0. The number of nitrogens with zero attached hydrogens (tertiary/aromatic N) is 3. The second kappa shape index (κ2) is 6.64. The van der Waals surface area contributed by atoms with Crippen molar-refractivity contribution in [2.75, 3.05) is 30.8 Å². The van der Waals surface area contributed by atoms with Crippen molar-refractivity contribution in [3.63, 3.8) is 0 Å². The van der Waals surface area contributed by atoms with Gasteiger partial charge in [0, 0.05) is 19.2 Å². The Kier molecular flexibility index (Phi) is 4.66. The van der Waals surface area contributed by atoms with Gasteiger partial charge in [-0.25, -0.2) is 0 Å². The summed E-state index contributed by atoms with van der Waals surface area (Å²) in [5.74, 6) is 0.949. The molecule has 0 saturated carbocycles. The molecule has 0 amide bonds. The monoisotopic (exact) mass is 368 g/mol. The van der Waals surface area contributed by atoms with Crippen LogP contribution in [0.1, 0.15) is 24.0 Å². The molecule has 3 rings (SSSR count). The number of aliphatic hydroxyl groups is 1. The molecule has 1 aromatic heterocycles. The number of aromatic nitrogens is 2. The molecule has 2 heterocycles. The number of benzene rings is 1. The Morgan fingerprint density at radius 1 is 1.19 bits per heavy atom. The van der Waals surface area contributed by atoms with Crippen LogP contribution in [0.5, 0.6) is 5.88 Å². The van der Waals surface area contributed by atoms with Gasteiger partial charge in [0.25, 0.3) is 0 Å². The number of anilines is 2. The fourth-order valence-electron chi connectivity index (χ4n) is 3.08. The molecule has 1 aliphatic rings. The van der Waals surface area contributed by atoms with E-state index in [1.807, 2.05) is 4.90 Å². The molecule has 1 saturated heterocycles. The van der Waals surface area contributed by atoms with Gasteiger partial charge in [-0.05, 0) is 30.5 Å². The third-order valence-electron chi connectivity index (χ3n) is 4.56. The number of halogens is 3. The minimum atomic E-state index is -4.44. The summed E-state index contributed by atoms with van der Waals surface area (Å²) < 4.78 is 43.8. The smallest absolute Gasteiger partial charge is 0.416 e. The van der Waals surface area contributed by atoms with Crippen molar-refractivity contribution in [3.8, 4) is 5.88 Å². The lowest BCUT2D eigenvalue weighted by atomic mass is 9.83. The Hall–Kier alpha value is -2.55. The van der Waals surface area contributed by atoms with Gasteiger partial charge in [0.15, 0.2) is 0 Å². The van der Waals surface area contributed by atoms with Gasteiger partial charge in [0.1, 0.15) is 5.82 Å². The van der Waals surface area contributed by atoms with Gasteiger partial charge in [0.05, 0.1) is 18.3 Å². The Balaban J connectivity index is 1.78. The second-order valence-electron chi connectivity index (χ2n) is 6.22. The first kappa shape index (κ1) is 18.2. The Morgan fingerprint density at radius 3 is 2.50 bits per heavy atom. The Labute approximate surface area is 148 Å². The molecule has 2 aromatic rings. The Morgan fingerprint density at radius 2 is 1.88 bits per heavy atom. The van der Waals surface area contributed by atoms with Gasteiger partial charge in [-0.3, -0.25) is 0 Å². The molecule has 0 atom stereocenters. The number of hydrogen-bond acceptors (Lipinski definition) is 6. The molecule has 6 nitrogen and oxygen atoms in total. The minimum absolute atomic E-state index is 0.0677. The summed E-state index contributed by atoms with van der Waals surface area (Å²) in [5, 5.41) is 10.9. The molecule has 0 spiro atoms. The van der Waals surface area contributed by atoms with Gasteiger partial charge >= 0.3 is 6.18 Å². The molecule has 26 heavy (non-hydrogen) atoms. The molecule has 1 aromatic carbocycles. The number of alkyl halides is 3. The quantitative estimate of drug-likeness (QED) is 0.866.